The molecule has 0 saturated heterocycles. The summed E-state index contributed by atoms with van der Waals surface area (Å²) in [5, 5.41) is 20.7. The lowest BCUT2D eigenvalue weighted by molar-refractivity contribution is 0.0877. The molecule has 1 heterocycles. The van der Waals surface area contributed by atoms with Crippen LogP contribution in [0.1, 0.15) is 53.7 Å². The first kappa shape index (κ1) is 26.2. The predicted octanol–water partition coefficient (Wildman–Crippen LogP) is 5.10. The molecule has 0 aliphatic heterocycles. The number of aryl methyl sites for hydroxylation is 1. The second kappa shape index (κ2) is 11.9. The number of aliphatic hydroxyl groups is 1. The molecule has 6 heteroatoms. The van der Waals surface area contributed by atoms with E-state index in [1.165, 1.54) is 5.56 Å². The fraction of sp³-hybridized carbons (Fsp3) is 0.290. The lowest BCUT2D eigenvalue weighted by Crippen LogP contribution is -2.32. The smallest absolute Gasteiger partial charge is 0.162 e. The Labute approximate surface area is 218 Å². The van der Waals surface area contributed by atoms with E-state index >= 15 is 0 Å². The van der Waals surface area contributed by atoms with Crippen molar-refractivity contribution in [1.82, 2.24) is 14.5 Å². The summed E-state index contributed by atoms with van der Waals surface area (Å²) in [4.78, 5) is 19.3. The van der Waals surface area contributed by atoms with Crippen LogP contribution < -0.4 is 0 Å². The topological polar surface area (TPSA) is 78.6 Å². The van der Waals surface area contributed by atoms with Gasteiger partial charge in [0.2, 0.25) is 0 Å². The zero-order valence-corrected chi connectivity index (χ0v) is 21.6. The molecule has 0 bridgehead atoms. The number of fused-ring (bicyclic) bond motifs is 1. The van der Waals surface area contributed by atoms with Crippen molar-refractivity contribution in [1.29, 1.82) is 0 Å². The molecule has 3 aromatic carbocycles. The number of likely N-dealkylation sites (N-methyl/N-ethyl adjacent to an activating group) is 1. The fourth-order valence-corrected chi connectivity index (χ4v) is 4.29. The van der Waals surface area contributed by atoms with Crippen molar-refractivity contribution >= 4 is 16.8 Å². The van der Waals surface area contributed by atoms with Crippen molar-refractivity contribution in [2.24, 2.45) is 0 Å². The van der Waals surface area contributed by atoms with E-state index in [2.05, 4.69) is 35.6 Å². The quantitative estimate of drug-likeness (QED) is 0.249. The molecule has 0 radical (unpaired) electrons. The number of aromatic nitrogens is 2. The minimum absolute atomic E-state index is 0.00200. The molecule has 0 aliphatic rings. The predicted molar refractivity (Wildman–Crippen MR) is 147 cm³/mol. The van der Waals surface area contributed by atoms with Gasteiger partial charge in [-0.2, -0.15) is 0 Å². The van der Waals surface area contributed by atoms with Crippen LogP contribution in [0.4, 0.5) is 0 Å². The van der Waals surface area contributed by atoms with Gasteiger partial charge in [-0.25, -0.2) is 4.98 Å². The van der Waals surface area contributed by atoms with Crippen molar-refractivity contribution in [3.63, 3.8) is 0 Å². The Morgan fingerprint density at radius 1 is 1.00 bits per heavy atom. The molecular weight excluding hydrogens is 462 g/mol. The Morgan fingerprint density at radius 2 is 1.70 bits per heavy atom. The zero-order valence-electron chi connectivity index (χ0n) is 21.6. The summed E-state index contributed by atoms with van der Waals surface area (Å²) < 4.78 is 1.97. The van der Waals surface area contributed by atoms with Crippen LogP contribution in [0.2, 0.25) is 0 Å². The van der Waals surface area contributed by atoms with Crippen LogP contribution in [0.25, 0.3) is 16.7 Å². The highest BCUT2D eigenvalue weighted by Gasteiger charge is 2.13. The summed E-state index contributed by atoms with van der Waals surface area (Å²) in [6.07, 6.45) is 1.96. The maximum atomic E-state index is 12.6. The average Bonchev–Trinajstić information content (AvgIpc) is 3.34. The van der Waals surface area contributed by atoms with Crippen LogP contribution in [0.3, 0.4) is 0 Å². The van der Waals surface area contributed by atoms with Gasteiger partial charge in [0.25, 0.3) is 0 Å². The Hall–Kier alpha value is -3.92. The van der Waals surface area contributed by atoms with E-state index in [1.54, 1.807) is 36.7 Å². The minimum Gasteiger partial charge on any atom is -0.507 e. The van der Waals surface area contributed by atoms with E-state index in [-0.39, 0.29) is 11.5 Å². The number of nitrogens with zero attached hydrogens (tertiary/aromatic N) is 3. The first-order valence-electron chi connectivity index (χ1n) is 12.7. The molecule has 190 valence electrons. The number of carbonyl (C=O) groups excluding carboxylic acids is 1. The van der Waals surface area contributed by atoms with E-state index in [0.717, 1.165) is 29.9 Å². The number of imidazole rings is 1. The van der Waals surface area contributed by atoms with E-state index in [9.17, 15) is 15.0 Å². The summed E-state index contributed by atoms with van der Waals surface area (Å²) in [6.45, 7) is 8.51. The van der Waals surface area contributed by atoms with Crippen molar-refractivity contribution in [2.45, 2.75) is 39.7 Å². The van der Waals surface area contributed by atoms with Crippen LogP contribution in [-0.2, 0) is 0 Å². The minimum atomic E-state index is -0.515. The number of benzene rings is 3. The average molecular weight is 496 g/mol. The Balaban J connectivity index is 1.47. The SMILES string of the molecule is CCN(CC)CC(O)CCC(=O)c1ccc(C#Cc2c(O)ccc3c2ncn3-c2ccc(C)cc2)cc1. The summed E-state index contributed by atoms with van der Waals surface area (Å²) >= 11 is 0. The first-order chi connectivity index (χ1) is 17.9. The number of aliphatic hydroxyl groups excluding tert-OH is 1. The fourth-order valence-electron chi connectivity index (χ4n) is 4.29. The van der Waals surface area contributed by atoms with E-state index in [4.69, 9.17) is 0 Å². The van der Waals surface area contributed by atoms with Gasteiger partial charge in [0.05, 0.1) is 17.2 Å². The molecule has 1 unspecified atom stereocenters. The number of carbonyl (C=O) groups is 1. The number of phenols is 1. The van der Waals surface area contributed by atoms with Crippen LogP contribution in [-0.4, -0.2) is 56.2 Å². The number of hydrogen-bond donors (Lipinski definition) is 2. The lowest BCUT2D eigenvalue weighted by Gasteiger charge is -2.21. The van der Waals surface area contributed by atoms with E-state index in [0.29, 0.717) is 36.0 Å². The number of aromatic hydroxyl groups is 1. The van der Waals surface area contributed by atoms with Gasteiger partial charge >= 0.3 is 0 Å². The van der Waals surface area contributed by atoms with Crippen LogP contribution in [0.5, 0.6) is 5.75 Å². The third-order valence-corrected chi connectivity index (χ3v) is 6.62. The number of hydrogen-bond acceptors (Lipinski definition) is 5. The van der Waals surface area contributed by atoms with Gasteiger partial charge < -0.3 is 15.1 Å². The summed E-state index contributed by atoms with van der Waals surface area (Å²) in [6, 6.07) is 18.7. The van der Waals surface area contributed by atoms with E-state index in [1.807, 2.05) is 41.8 Å². The van der Waals surface area contributed by atoms with Gasteiger partial charge in [-0.15, -0.1) is 0 Å². The highest BCUT2D eigenvalue weighted by Crippen LogP contribution is 2.27. The van der Waals surface area contributed by atoms with Crippen molar-refractivity contribution in [3.05, 3.63) is 89.2 Å². The van der Waals surface area contributed by atoms with Crippen LogP contribution in [0, 0.1) is 18.8 Å². The molecule has 0 fully saturated rings. The van der Waals surface area contributed by atoms with Crippen molar-refractivity contribution in [2.75, 3.05) is 19.6 Å². The molecule has 37 heavy (non-hydrogen) atoms. The lowest BCUT2D eigenvalue weighted by atomic mass is 10.0. The van der Waals surface area contributed by atoms with Crippen molar-refractivity contribution in [3.8, 4) is 23.3 Å². The third kappa shape index (κ3) is 6.26. The number of rotatable bonds is 9. The molecule has 0 saturated carbocycles. The molecule has 1 atom stereocenters. The summed E-state index contributed by atoms with van der Waals surface area (Å²) in [5.74, 6) is 6.23. The van der Waals surface area contributed by atoms with Gasteiger partial charge in [-0.05, 0) is 62.8 Å². The molecule has 0 aliphatic carbocycles. The Kier molecular flexibility index (Phi) is 8.39. The number of phenolic OH excluding ortho intramolecular Hbond substituents is 1. The second-order valence-corrected chi connectivity index (χ2v) is 9.21. The summed E-state index contributed by atoms with van der Waals surface area (Å²) in [5.41, 5.74) is 5.44. The van der Waals surface area contributed by atoms with Crippen LogP contribution in [0.15, 0.2) is 67.0 Å². The molecule has 0 spiro atoms. The summed E-state index contributed by atoms with van der Waals surface area (Å²) in [7, 11) is 0. The van der Waals surface area contributed by atoms with Gasteiger partial charge in [0, 0.05) is 29.8 Å². The monoisotopic (exact) mass is 495 g/mol. The maximum absolute atomic E-state index is 12.6. The van der Waals surface area contributed by atoms with Gasteiger partial charge in [-0.3, -0.25) is 9.36 Å². The highest BCUT2D eigenvalue weighted by molar-refractivity contribution is 5.96. The highest BCUT2D eigenvalue weighted by atomic mass is 16.3. The number of Topliss-reactive ketones (excluding diaryl/α,β-unsaturated/α-hetero) is 1. The molecular formula is C31H33N3O3. The normalized spacial score (nSPS) is 11.9. The van der Waals surface area contributed by atoms with Gasteiger partial charge in [0.15, 0.2) is 5.78 Å². The van der Waals surface area contributed by atoms with E-state index < -0.39 is 6.10 Å². The molecule has 4 aromatic rings. The maximum Gasteiger partial charge on any atom is 0.162 e. The van der Waals surface area contributed by atoms with Gasteiger partial charge in [0.1, 0.15) is 17.6 Å². The van der Waals surface area contributed by atoms with Crippen LogP contribution >= 0.6 is 0 Å². The first-order valence-corrected chi connectivity index (χ1v) is 12.7. The standard InChI is InChI=1S/C31H33N3O3/c1-4-33(5-2)20-26(35)15-18-29(36)24-11-8-23(9-12-24)10-16-27-30(37)19-17-28-31(27)32-21-34(28)25-13-6-22(3)7-14-25/h6-9,11-14,17,19,21,26,35,37H,4-5,15,18,20H2,1-3H3. The molecule has 0 amide bonds. The molecule has 4 rings (SSSR count). The third-order valence-electron chi connectivity index (χ3n) is 6.62. The molecule has 2 N–H and O–H groups in total. The largest absolute Gasteiger partial charge is 0.507 e. The van der Waals surface area contributed by atoms with Gasteiger partial charge in [-0.1, -0.05) is 55.5 Å². The Bertz CT molecular complexity index is 1420. The Morgan fingerprint density at radius 3 is 2.38 bits per heavy atom. The molecule has 1 aromatic heterocycles. The van der Waals surface area contributed by atoms with Crippen molar-refractivity contribution < 1.29 is 15.0 Å². The zero-order chi connectivity index (χ0) is 26.4. The number of ketones is 1. The molecule has 6 nitrogen and oxygen atoms in total. The second-order valence-electron chi connectivity index (χ2n) is 9.21.